The van der Waals surface area contributed by atoms with E-state index in [1.165, 1.54) is 0 Å². The van der Waals surface area contributed by atoms with Gasteiger partial charge in [-0.1, -0.05) is 0 Å². The highest BCUT2D eigenvalue weighted by atomic mass is 16.5. The molecule has 1 amide bonds. The second kappa shape index (κ2) is 11.4. The second-order valence-electron chi connectivity index (χ2n) is 6.56. The van der Waals surface area contributed by atoms with Crippen molar-refractivity contribution >= 4 is 11.9 Å². The zero-order valence-corrected chi connectivity index (χ0v) is 17.5. The van der Waals surface area contributed by atoms with E-state index < -0.39 is 0 Å². The van der Waals surface area contributed by atoms with Crippen molar-refractivity contribution in [3.8, 4) is 11.5 Å². The Kier molecular flexibility index (Phi) is 8.87. The van der Waals surface area contributed by atoms with Gasteiger partial charge in [-0.25, -0.2) is 4.99 Å². The number of carbonyl (C=O) groups is 1. The molecule has 28 heavy (non-hydrogen) atoms. The number of guanidine groups is 1. The van der Waals surface area contributed by atoms with E-state index in [0.29, 0.717) is 6.54 Å². The van der Waals surface area contributed by atoms with Gasteiger partial charge in [0.1, 0.15) is 18.0 Å². The van der Waals surface area contributed by atoms with Crippen LogP contribution in [0.5, 0.6) is 11.5 Å². The van der Waals surface area contributed by atoms with Gasteiger partial charge in [-0.05, 0) is 32.0 Å². The van der Waals surface area contributed by atoms with Gasteiger partial charge < -0.3 is 25.0 Å². The molecule has 0 unspecified atom stereocenters. The van der Waals surface area contributed by atoms with E-state index in [9.17, 15) is 4.79 Å². The van der Waals surface area contributed by atoms with Crippen LogP contribution >= 0.6 is 0 Å². The number of aliphatic imine (C=N–C) groups is 1. The van der Waals surface area contributed by atoms with Gasteiger partial charge >= 0.3 is 0 Å². The Hall–Kier alpha value is -2.48. The van der Waals surface area contributed by atoms with Crippen LogP contribution in [0.3, 0.4) is 0 Å². The van der Waals surface area contributed by atoms with E-state index in [2.05, 4.69) is 25.4 Å². The summed E-state index contributed by atoms with van der Waals surface area (Å²) < 4.78 is 10.8. The molecule has 0 bridgehead atoms. The van der Waals surface area contributed by atoms with Crippen molar-refractivity contribution < 1.29 is 14.3 Å². The molecule has 0 aliphatic carbocycles. The van der Waals surface area contributed by atoms with Gasteiger partial charge in [-0.3, -0.25) is 9.69 Å². The minimum atomic E-state index is -0.0540. The van der Waals surface area contributed by atoms with E-state index in [4.69, 9.17) is 9.47 Å². The maximum Gasteiger partial charge on any atom is 0.241 e. The summed E-state index contributed by atoms with van der Waals surface area (Å²) in [4.78, 5) is 20.8. The highest BCUT2D eigenvalue weighted by Crippen LogP contribution is 2.25. The first-order chi connectivity index (χ1) is 13.6. The van der Waals surface area contributed by atoms with Gasteiger partial charge in [0.05, 0.1) is 14.2 Å². The number of nitrogens with zero attached hydrogens (tertiary/aromatic N) is 3. The molecule has 2 rings (SSSR count). The van der Waals surface area contributed by atoms with Gasteiger partial charge in [-0.2, -0.15) is 0 Å². The fourth-order valence-corrected chi connectivity index (χ4v) is 3.19. The summed E-state index contributed by atoms with van der Waals surface area (Å²) in [5.41, 5.74) is 1.12. The van der Waals surface area contributed by atoms with E-state index in [0.717, 1.165) is 62.3 Å². The molecule has 1 heterocycles. The normalized spacial score (nSPS) is 15.3. The Morgan fingerprint density at radius 2 is 1.79 bits per heavy atom. The number of methoxy groups -OCH3 is 2. The van der Waals surface area contributed by atoms with Crippen molar-refractivity contribution in [2.45, 2.75) is 20.4 Å². The summed E-state index contributed by atoms with van der Waals surface area (Å²) in [5, 5.41) is 6.07. The molecule has 0 saturated carbocycles. The number of likely N-dealkylation sites (N-methyl/N-ethyl adjacent to an activating group) is 1. The van der Waals surface area contributed by atoms with Gasteiger partial charge in [0.15, 0.2) is 5.96 Å². The van der Waals surface area contributed by atoms with Gasteiger partial charge in [0, 0.05) is 51.4 Å². The Morgan fingerprint density at radius 3 is 2.39 bits per heavy atom. The maximum absolute atomic E-state index is 11.7. The topological polar surface area (TPSA) is 78.4 Å². The first-order valence-electron chi connectivity index (χ1n) is 9.84. The molecule has 0 aromatic heterocycles. The molecule has 8 heteroatoms. The molecule has 1 aromatic carbocycles. The lowest BCUT2D eigenvalue weighted by Crippen LogP contribution is -2.52. The van der Waals surface area contributed by atoms with Crippen LogP contribution in [-0.4, -0.2) is 81.7 Å². The number of piperazine rings is 1. The minimum absolute atomic E-state index is 0.0540. The molecule has 1 aliphatic heterocycles. The Bertz CT molecular complexity index is 657. The number of benzene rings is 1. The van der Waals surface area contributed by atoms with Gasteiger partial charge in [-0.15, -0.1) is 0 Å². The van der Waals surface area contributed by atoms with Crippen molar-refractivity contribution in [2.24, 2.45) is 4.99 Å². The van der Waals surface area contributed by atoms with E-state index >= 15 is 0 Å². The van der Waals surface area contributed by atoms with E-state index in [1.807, 2.05) is 32.0 Å². The third-order valence-corrected chi connectivity index (χ3v) is 4.63. The Morgan fingerprint density at radius 1 is 1.07 bits per heavy atom. The Balaban J connectivity index is 1.95. The predicted molar refractivity (Wildman–Crippen MR) is 111 cm³/mol. The van der Waals surface area contributed by atoms with E-state index in [-0.39, 0.29) is 12.5 Å². The van der Waals surface area contributed by atoms with Crippen LogP contribution < -0.4 is 20.1 Å². The van der Waals surface area contributed by atoms with Crippen LogP contribution in [0.4, 0.5) is 0 Å². The molecule has 1 aromatic rings. The summed E-state index contributed by atoms with van der Waals surface area (Å²) in [5.74, 6) is 2.45. The van der Waals surface area contributed by atoms with Crippen molar-refractivity contribution in [3.63, 3.8) is 0 Å². The number of carbonyl (C=O) groups excluding carboxylic acids is 1. The first-order valence-corrected chi connectivity index (χ1v) is 9.84. The van der Waals surface area contributed by atoms with Crippen molar-refractivity contribution in [3.05, 3.63) is 23.8 Å². The number of amides is 1. The number of rotatable bonds is 8. The molecular weight excluding hydrogens is 358 g/mol. The smallest absolute Gasteiger partial charge is 0.241 e. The molecular formula is C20H33N5O3. The number of hydrogen-bond donors (Lipinski definition) is 2. The van der Waals surface area contributed by atoms with Crippen LogP contribution in [0.2, 0.25) is 0 Å². The monoisotopic (exact) mass is 391 g/mol. The number of nitrogens with one attached hydrogen (secondary N) is 2. The quantitative estimate of drug-likeness (QED) is 0.507. The highest BCUT2D eigenvalue weighted by molar-refractivity contribution is 5.85. The maximum atomic E-state index is 11.7. The zero-order valence-electron chi connectivity index (χ0n) is 17.5. The summed E-state index contributed by atoms with van der Waals surface area (Å²) in [6.07, 6.45) is 0. The van der Waals surface area contributed by atoms with Gasteiger partial charge in [0.2, 0.25) is 5.91 Å². The lowest BCUT2D eigenvalue weighted by molar-refractivity contribution is -0.119. The number of hydrogen-bond acceptors (Lipinski definition) is 5. The third-order valence-electron chi connectivity index (χ3n) is 4.63. The standard InChI is InChI=1S/C20H33N5O3/c1-5-21-19(26)14-23-20(22-6-2)25-11-9-24(10-12-25)15-16-13-17(27-3)7-8-18(16)28-4/h7-8,13H,5-6,9-12,14-15H2,1-4H3,(H,21,26)(H,22,23). The molecule has 0 spiro atoms. The minimum Gasteiger partial charge on any atom is -0.497 e. The fourth-order valence-electron chi connectivity index (χ4n) is 3.19. The average molecular weight is 392 g/mol. The summed E-state index contributed by atoms with van der Waals surface area (Å²) in [7, 11) is 3.36. The lowest BCUT2D eigenvalue weighted by Gasteiger charge is -2.36. The van der Waals surface area contributed by atoms with Crippen LogP contribution in [0, 0.1) is 0 Å². The zero-order chi connectivity index (χ0) is 20.4. The van der Waals surface area contributed by atoms with Crippen molar-refractivity contribution in [2.75, 3.05) is 60.0 Å². The number of ether oxygens (including phenoxy) is 2. The molecule has 1 aliphatic rings. The van der Waals surface area contributed by atoms with Crippen LogP contribution in [0.25, 0.3) is 0 Å². The van der Waals surface area contributed by atoms with Crippen molar-refractivity contribution in [1.82, 2.24) is 20.4 Å². The Labute approximate surface area is 167 Å². The average Bonchev–Trinajstić information content (AvgIpc) is 2.72. The fraction of sp³-hybridized carbons (Fsp3) is 0.600. The van der Waals surface area contributed by atoms with E-state index in [1.54, 1.807) is 14.2 Å². The molecule has 2 N–H and O–H groups in total. The molecule has 8 nitrogen and oxygen atoms in total. The molecule has 1 fully saturated rings. The van der Waals surface area contributed by atoms with Gasteiger partial charge in [0.25, 0.3) is 0 Å². The van der Waals surface area contributed by atoms with Crippen molar-refractivity contribution in [1.29, 1.82) is 0 Å². The lowest BCUT2D eigenvalue weighted by atomic mass is 10.1. The van der Waals surface area contributed by atoms with Crippen LogP contribution in [-0.2, 0) is 11.3 Å². The second-order valence-corrected chi connectivity index (χ2v) is 6.56. The molecule has 1 saturated heterocycles. The largest absolute Gasteiger partial charge is 0.497 e. The summed E-state index contributed by atoms with van der Waals surface area (Å²) in [6.45, 7) is 9.82. The SMILES string of the molecule is CCNC(=O)CN=C(NCC)N1CCN(Cc2cc(OC)ccc2OC)CC1. The highest BCUT2D eigenvalue weighted by Gasteiger charge is 2.21. The summed E-state index contributed by atoms with van der Waals surface area (Å²) >= 11 is 0. The molecule has 0 atom stereocenters. The molecule has 0 radical (unpaired) electrons. The summed E-state index contributed by atoms with van der Waals surface area (Å²) in [6, 6.07) is 5.89. The first kappa shape index (κ1) is 21.8. The molecule has 156 valence electrons. The van der Waals surface area contributed by atoms with Crippen LogP contribution in [0.15, 0.2) is 23.2 Å². The third kappa shape index (κ3) is 6.30. The predicted octanol–water partition coefficient (Wildman–Crippen LogP) is 0.923. The van der Waals surface area contributed by atoms with Crippen LogP contribution in [0.1, 0.15) is 19.4 Å².